The number of nitrogens with one attached hydrogen (secondary N) is 1. The van der Waals surface area contributed by atoms with Crippen LogP contribution in [-0.4, -0.2) is 31.7 Å². The minimum absolute atomic E-state index is 0.0251. The molecule has 0 saturated carbocycles. The van der Waals surface area contributed by atoms with Crippen molar-refractivity contribution in [3.8, 4) is 5.82 Å². The molecule has 2 aromatic heterocycles. The summed E-state index contributed by atoms with van der Waals surface area (Å²) in [5.74, 6) is -0.942. The molecule has 0 saturated heterocycles. The van der Waals surface area contributed by atoms with Crippen LogP contribution in [0.5, 0.6) is 0 Å². The lowest BCUT2D eigenvalue weighted by atomic mass is 10.1. The molecule has 0 aliphatic rings. The first kappa shape index (κ1) is 17.4. The molecular formula is C21H16N4O3. The highest BCUT2D eigenvalue weighted by molar-refractivity contribution is 6.08. The van der Waals surface area contributed by atoms with E-state index in [1.807, 2.05) is 36.4 Å². The Morgan fingerprint density at radius 1 is 0.964 bits per heavy atom. The number of carboxylic acid groups (broad SMARTS) is 1. The number of nitrogens with zero attached hydrogens (tertiary/aromatic N) is 3. The number of carboxylic acids is 1. The predicted octanol–water partition coefficient (Wildman–Crippen LogP) is 3.68. The van der Waals surface area contributed by atoms with Crippen LogP contribution >= 0.6 is 0 Å². The smallest absolute Gasteiger partial charge is 0.337 e. The number of aromatic carboxylic acids is 1. The summed E-state index contributed by atoms with van der Waals surface area (Å²) in [6.07, 6.45) is 1.45. The van der Waals surface area contributed by atoms with Crippen molar-refractivity contribution in [2.75, 3.05) is 5.32 Å². The third-order valence-corrected chi connectivity index (χ3v) is 4.46. The molecule has 0 atom stereocenters. The summed E-state index contributed by atoms with van der Waals surface area (Å²) in [6.45, 7) is 1.77. The summed E-state index contributed by atoms with van der Waals surface area (Å²) in [4.78, 5) is 28.6. The molecule has 2 heterocycles. The Balaban J connectivity index is 1.66. The van der Waals surface area contributed by atoms with Gasteiger partial charge in [-0.15, -0.1) is 0 Å². The SMILES string of the molecule is Cc1c(C(=O)Nc2ccccc2C(=O)O)cnn1-c1ccc2ccccc2n1. The van der Waals surface area contributed by atoms with Crippen LogP contribution in [0.2, 0.25) is 0 Å². The van der Waals surface area contributed by atoms with Crippen LogP contribution in [0.25, 0.3) is 16.7 Å². The van der Waals surface area contributed by atoms with Gasteiger partial charge in [-0.1, -0.05) is 30.3 Å². The lowest BCUT2D eigenvalue weighted by molar-refractivity contribution is 0.0698. The van der Waals surface area contributed by atoms with Gasteiger partial charge in [0.2, 0.25) is 0 Å². The third kappa shape index (κ3) is 3.09. The monoisotopic (exact) mass is 372 g/mol. The normalized spacial score (nSPS) is 10.8. The maximum Gasteiger partial charge on any atom is 0.337 e. The van der Waals surface area contributed by atoms with Crippen LogP contribution in [0.1, 0.15) is 26.4 Å². The Hall–Kier alpha value is -4.00. The number of para-hydroxylation sites is 2. The van der Waals surface area contributed by atoms with E-state index >= 15 is 0 Å². The molecule has 0 spiro atoms. The first-order chi connectivity index (χ1) is 13.5. The molecule has 1 amide bonds. The fraction of sp³-hybridized carbons (Fsp3) is 0.0476. The molecule has 0 aliphatic heterocycles. The van der Waals surface area contributed by atoms with Gasteiger partial charge >= 0.3 is 5.97 Å². The molecule has 4 aromatic rings. The van der Waals surface area contributed by atoms with Crippen molar-refractivity contribution in [3.63, 3.8) is 0 Å². The Morgan fingerprint density at radius 2 is 1.71 bits per heavy atom. The zero-order valence-corrected chi connectivity index (χ0v) is 15.0. The van der Waals surface area contributed by atoms with Crippen molar-refractivity contribution in [1.82, 2.24) is 14.8 Å². The number of fused-ring (bicyclic) bond motifs is 1. The Kier molecular flexibility index (Phi) is 4.33. The molecule has 0 radical (unpaired) electrons. The van der Waals surface area contributed by atoms with Crippen molar-refractivity contribution >= 4 is 28.5 Å². The van der Waals surface area contributed by atoms with E-state index < -0.39 is 11.9 Å². The fourth-order valence-electron chi connectivity index (χ4n) is 3.00. The number of hydrogen-bond donors (Lipinski definition) is 2. The predicted molar refractivity (Wildman–Crippen MR) is 105 cm³/mol. The summed E-state index contributed by atoms with van der Waals surface area (Å²) in [5, 5.41) is 17.2. The van der Waals surface area contributed by atoms with Gasteiger partial charge in [0.15, 0.2) is 5.82 Å². The average molecular weight is 372 g/mol. The van der Waals surface area contributed by atoms with Crippen LogP contribution in [0, 0.1) is 6.92 Å². The molecule has 0 aliphatic carbocycles. The molecule has 7 nitrogen and oxygen atoms in total. The highest BCUT2D eigenvalue weighted by Gasteiger charge is 2.18. The van der Waals surface area contributed by atoms with E-state index in [0.717, 1.165) is 10.9 Å². The number of aromatic nitrogens is 3. The summed E-state index contributed by atoms with van der Waals surface area (Å²) in [5.41, 5.74) is 2.03. The zero-order valence-electron chi connectivity index (χ0n) is 15.0. The first-order valence-electron chi connectivity index (χ1n) is 8.59. The minimum atomic E-state index is -1.11. The number of benzene rings is 2. The summed E-state index contributed by atoms with van der Waals surface area (Å²) in [6, 6.07) is 17.8. The van der Waals surface area contributed by atoms with Crippen LogP contribution in [0.4, 0.5) is 5.69 Å². The summed E-state index contributed by atoms with van der Waals surface area (Å²) in [7, 11) is 0. The lowest BCUT2D eigenvalue weighted by Crippen LogP contribution is -2.15. The molecule has 28 heavy (non-hydrogen) atoms. The molecule has 4 rings (SSSR count). The fourth-order valence-corrected chi connectivity index (χ4v) is 3.00. The second-order valence-electron chi connectivity index (χ2n) is 6.22. The number of pyridine rings is 1. The topological polar surface area (TPSA) is 97.1 Å². The summed E-state index contributed by atoms with van der Waals surface area (Å²) >= 11 is 0. The second-order valence-corrected chi connectivity index (χ2v) is 6.22. The first-order valence-corrected chi connectivity index (χ1v) is 8.59. The quantitative estimate of drug-likeness (QED) is 0.570. The highest BCUT2D eigenvalue weighted by atomic mass is 16.4. The standard InChI is InChI=1S/C21H16N4O3/c1-13-16(20(26)24-18-9-5-3-7-15(18)21(27)28)12-22-25(13)19-11-10-14-6-2-4-8-17(14)23-19/h2-12H,1H3,(H,24,26)(H,27,28). The molecule has 0 bridgehead atoms. The third-order valence-electron chi connectivity index (χ3n) is 4.46. The number of amides is 1. The number of anilines is 1. The number of carbonyl (C=O) groups is 2. The zero-order chi connectivity index (χ0) is 19.7. The maximum absolute atomic E-state index is 12.7. The van der Waals surface area contributed by atoms with Crippen molar-refractivity contribution < 1.29 is 14.7 Å². The molecule has 7 heteroatoms. The van der Waals surface area contributed by atoms with Gasteiger partial charge < -0.3 is 10.4 Å². The highest BCUT2D eigenvalue weighted by Crippen LogP contribution is 2.20. The molecule has 2 N–H and O–H groups in total. The molecule has 2 aromatic carbocycles. The second kappa shape index (κ2) is 6.96. The largest absolute Gasteiger partial charge is 0.478 e. The van der Waals surface area contributed by atoms with Crippen molar-refractivity contribution in [2.45, 2.75) is 6.92 Å². The Bertz CT molecular complexity index is 1210. The van der Waals surface area contributed by atoms with Gasteiger partial charge in [-0.05, 0) is 37.3 Å². The van der Waals surface area contributed by atoms with Crippen molar-refractivity contribution in [3.05, 3.63) is 83.7 Å². The summed E-state index contributed by atoms with van der Waals surface area (Å²) < 4.78 is 1.59. The lowest BCUT2D eigenvalue weighted by Gasteiger charge is -2.09. The van der Waals surface area contributed by atoms with Gasteiger partial charge in [0, 0.05) is 5.39 Å². The maximum atomic E-state index is 12.7. The molecule has 138 valence electrons. The number of carbonyl (C=O) groups excluding carboxylic acids is 1. The van der Waals surface area contributed by atoms with Crippen LogP contribution in [-0.2, 0) is 0 Å². The van der Waals surface area contributed by atoms with Gasteiger partial charge in [0.25, 0.3) is 5.91 Å². The van der Waals surface area contributed by atoms with Crippen LogP contribution in [0.15, 0.2) is 66.9 Å². The Morgan fingerprint density at radius 3 is 2.54 bits per heavy atom. The van der Waals surface area contributed by atoms with Crippen LogP contribution in [0.3, 0.4) is 0 Å². The Labute approximate surface area is 160 Å². The van der Waals surface area contributed by atoms with Gasteiger partial charge in [-0.25, -0.2) is 14.5 Å². The number of rotatable bonds is 4. The van der Waals surface area contributed by atoms with E-state index in [-0.39, 0.29) is 11.3 Å². The minimum Gasteiger partial charge on any atom is -0.478 e. The molecule has 0 unspecified atom stereocenters. The van der Waals surface area contributed by atoms with E-state index in [0.29, 0.717) is 17.1 Å². The van der Waals surface area contributed by atoms with Crippen molar-refractivity contribution in [1.29, 1.82) is 0 Å². The molecule has 0 fully saturated rings. The average Bonchev–Trinajstić information content (AvgIpc) is 3.09. The van der Waals surface area contributed by atoms with Gasteiger partial charge in [-0.3, -0.25) is 4.79 Å². The van der Waals surface area contributed by atoms with E-state index in [1.165, 1.54) is 12.3 Å². The van der Waals surface area contributed by atoms with E-state index in [4.69, 9.17) is 0 Å². The number of hydrogen-bond acceptors (Lipinski definition) is 4. The molecular weight excluding hydrogens is 356 g/mol. The van der Waals surface area contributed by atoms with Crippen LogP contribution < -0.4 is 5.32 Å². The van der Waals surface area contributed by atoms with Gasteiger partial charge in [0.1, 0.15) is 0 Å². The van der Waals surface area contributed by atoms with Gasteiger partial charge in [0.05, 0.1) is 34.2 Å². The van der Waals surface area contributed by atoms with E-state index in [1.54, 1.807) is 29.8 Å². The van der Waals surface area contributed by atoms with E-state index in [9.17, 15) is 14.7 Å². The van der Waals surface area contributed by atoms with Gasteiger partial charge in [-0.2, -0.15) is 5.10 Å². The van der Waals surface area contributed by atoms with E-state index in [2.05, 4.69) is 15.4 Å². The van der Waals surface area contributed by atoms with Crippen molar-refractivity contribution in [2.24, 2.45) is 0 Å².